The quantitative estimate of drug-likeness (QED) is 0.743. The minimum absolute atomic E-state index is 0.175. The highest BCUT2D eigenvalue weighted by Gasteiger charge is 2.01. The number of nitrogens with zero attached hydrogens (tertiary/aromatic N) is 2. The molecule has 0 atom stereocenters. The van der Waals surface area contributed by atoms with E-state index in [9.17, 15) is 8.78 Å². The van der Waals surface area contributed by atoms with Crippen molar-refractivity contribution < 1.29 is 8.78 Å². The molecule has 0 aliphatic heterocycles. The predicted molar refractivity (Wildman–Crippen MR) is 45.6 cm³/mol. The van der Waals surface area contributed by atoms with Gasteiger partial charge < -0.3 is 11.1 Å². The lowest BCUT2D eigenvalue weighted by molar-refractivity contribution is 0.142. The SMILES string of the molecule is Nc1cc(NCCC(F)F)ncn1. The molecular weight excluding hydrogens is 178 g/mol. The van der Waals surface area contributed by atoms with E-state index >= 15 is 0 Å². The Hall–Kier alpha value is -1.46. The molecule has 0 aliphatic rings. The molecule has 0 radical (unpaired) electrons. The maximum atomic E-state index is 11.7. The molecule has 0 aliphatic carbocycles. The molecule has 1 aromatic rings. The monoisotopic (exact) mass is 188 g/mol. The van der Waals surface area contributed by atoms with Crippen LogP contribution >= 0.6 is 0 Å². The molecular formula is C7H10F2N4. The first-order chi connectivity index (χ1) is 6.18. The Morgan fingerprint density at radius 2 is 2.23 bits per heavy atom. The summed E-state index contributed by atoms with van der Waals surface area (Å²) in [6, 6.07) is 1.49. The van der Waals surface area contributed by atoms with E-state index in [2.05, 4.69) is 15.3 Å². The van der Waals surface area contributed by atoms with Crippen LogP contribution in [0.5, 0.6) is 0 Å². The number of nitrogens with one attached hydrogen (secondary N) is 1. The van der Waals surface area contributed by atoms with Crippen molar-refractivity contribution in [3.8, 4) is 0 Å². The molecule has 0 fully saturated rings. The maximum absolute atomic E-state index is 11.7. The second kappa shape index (κ2) is 4.54. The third-order valence-electron chi connectivity index (χ3n) is 1.36. The van der Waals surface area contributed by atoms with E-state index < -0.39 is 6.43 Å². The second-order valence-corrected chi connectivity index (χ2v) is 2.43. The summed E-state index contributed by atoms with van der Waals surface area (Å²) in [5, 5.41) is 2.71. The van der Waals surface area contributed by atoms with Gasteiger partial charge >= 0.3 is 0 Å². The van der Waals surface area contributed by atoms with E-state index in [-0.39, 0.29) is 13.0 Å². The summed E-state index contributed by atoms with van der Waals surface area (Å²) in [6.07, 6.45) is -1.23. The van der Waals surface area contributed by atoms with E-state index in [4.69, 9.17) is 5.73 Å². The van der Waals surface area contributed by atoms with Gasteiger partial charge in [0.05, 0.1) is 0 Å². The first-order valence-electron chi connectivity index (χ1n) is 3.78. The lowest BCUT2D eigenvalue weighted by Crippen LogP contribution is -2.07. The molecule has 13 heavy (non-hydrogen) atoms. The van der Waals surface area contributed by atoms with Crippen molar-refractivity contribution >= 4 is 11.6 Å². The van der Waals surface area contributed by atoms with Crippen molar-refractivity contribution in [1.29, 1.82) is 0 Å². The number of nitrogens with two attached hydrogens (primary N) is 1. The van der Waals surface area contributed by atoms with Crippen LogP contribution < -0.4 is 11.1 Å². The summed E-state index contributed by atoms with van der Waals surface area (Å²) in [5.74, 6) is 0.780. The number of hydrogen-bond acceptors (Lipinski definition) is 4. The summed E-state index contributed by atoms with van der Waals surface area (Å²) in [4.78, 5) is 7.45. The molecule has 72 valence electrons. The van der Waals surface area contributed by atoms with Gasteiger partial charge in [0.1, 0.15) is 18.0 Å². The van der Waals surface area contributed by atoms with Crippen LogP contribution in [-0.4, -0.2) is 22.9 Å². The van der Waals surface area contributed by atoms with Crippen molar-refractivity contribution in [3.63, 3.8) is 0 Å². The van der Waals surface area contributed by atoms with Crippen LogP contribution in [-0.2, 0) is 0 Å². The zero-order valence-electron chi connectivity index (χ0n) is 6.87. The highest BCUT2D eigenvalue weighted by atomic mass is 19.3. The number of hydrogen-bond donors (Lipinski definition) is 2. The van der Waals surface area contributed by atoms with Crippen LogP contribution in [0.3, 0.4) is 0 Å². The molecule has 6 heteroatoms. The standard InChI is InChI=1S/C7H10F2N4/c8-5(9)1-2-11-7-3-6(10)12-4-13-7/h3-5H,1-2H2,(H3,10,11,12,13). The van der Waals surface area contributed by atoms with Crippen LogP contribution in [0, 0.1) is 0 Å². The summed E-state index contributed by atoms with van der Waals surface area (Å²) in [6.45, 7) is 0.175. The summed E-state index contributed by atoms with van der Waals surface area (Å²) in [5.41, 5.74) is 5.35. The van der Waals surface area contributed by atoms with Gasteiger partial charge in [-0.1, -0.05) is 0 Å². The van der Waals surface area contributed by atoms with Crippen molar-refractivity contribution in [2.75, 3.05) is 17.6 Å². The minimum atomic E-state index is -2.30. The van der Waals surface area contributed by atoms with Crippen molar-refractivity contribution in [2.24, 2.45) is 0 Å². The van der Waals surface area contributed by atoms with Crippen LogP contribution in [0.1, 0.15) is 6.42 Å². The number of nitrogen functional groups attached to an aromatic ring is 1. The number of rotatable bonds is 4. The van der Waals surface area contributed by atoms with Crippen LogP contribution in [0.2, 0.25) is 0 Å². The minimum Gasteiger partial charge on any atom is -0.384 e. The average molecular weight is 188 g/mol. The van der Waals surface area contributed by atoms with Gasteiger partial charge in [-0.2, -0.15) is 0 Å². The van der Waals surface area contributed by atoms with Gasteiger partial charge in [0, 0.05) is 19.0 Å². The summed E-state index contributed by atoms with van der Waals surface area (Å²) in [7, 11) is 0. The Morgan fingerprint density at radius 3 is 2.85 bits per heavy atom. The topological polar surface area (TPSA) is 63.8 Å². The fourth-order valence-electron chi connectivity index (χ4n) is 0.778. The third kappa shape index (κ3) is 3.64. The Balaban J connectivity index is 2.37. The van der Waals surface area contributed by atoms with Crippen LogP contribution in [0.25, 0.3) is 0 Å². The van der Waals surface area contributed by atoms with Crippen LogP contribution in [0.4, 0.5) is 20.4 Å². The highest BCUT2D eigenvalue weighted by Crippen LogP contribution is 2.05. The molecule has 0 bridgehead atoms. The van der Waals surface area contributed by atoms with Crippen LogP contribution in [0.15, 0.2) is 12.4 Å². The van der Waals surface area contributed by atoms with Gasteiger partial charge in [-0.3, -0.25) is 0 Å². The van der Waals surface area contributed by atoms with Gasteiger partial charge in [0.2, 0.25) is 6.43 Å². The van der Waals surface area contributed by atoms with E-state index in [0.29, 0.717) is 11.6 Å². The lowest BCUT2D eigenvalue weighted by Gasteiger charge is -2.04. The fourth-order valence-corrected chi connectivity index (χ4v) is 0.778. The molecule has 0 aromatic carbocycles. The molecule has 1 heterocycles. The van der Waals surface area contributed by atoms with Crippen molar-refractivity contribution in [3.05, 3.63) is 12.4 Å². The summed E-state index contributed by atoms with van der Waals surface area (Å²) >= 11 is 0. The number of halogens is 2. The highest BCUT2D eigenvalue weighted by molar-refractivity contribution is 5.42. The number of anilines is 2. The molecule has 0 saturated heterocycles. The molecule has 4 nitrogen and oxygen atoms in total. The normalized spacial score (nSPS) is 10.4. The Bertz CT molecular complexity index is 266. The molecule has 1 aromatic heterocycles. The van der Waals surface area contributed by atoms with E-state index in [1.807, 2.05) is 0 Å². The largest absolute Gasteiger partial charge is 0.384 e. The van der Waals surface area contributed by atoms with Gasteiger partial charge in [-0.15, -0.1) is 0 Å². The lowest BCUT2D eigenvalue weighted by atomic mass is 10.4. The zero-order valence-corrected chi connectivity index (χ0v) is 6.87. The first kappa shape index (κ1) is 9.63. The number of alkyl halides is 2. The molecule has 0 amide bonds. The molecule has 1 rings (SSSR count). The molecule has 0 unspecified atom stereocenters. The van der Waals surface area contributed by atoms with Crippen molar-refractivity contribution in [1.82, 2.24) is 9.97 Å². The van der Waals surface area contributed by atoms with Gasteiger partial charge in [0.15, 0.2) is 0 Å². The Kier molecular flexibility index (Phi) is 3.36. The second-order valence-electron chi connectivity index (χ2n) is 2.43. The maximum Gasteiger partial charge on any atom is 0.240 e. The third-order valence-corrected chi connectivity index (χ3v) is 1.36. The van der Waals surface area contributed by atoms with E-state index in [1.165, 1.54) is 12.4 Å². The molecule has 3 N–H and O–H groups in total. The molecule has 0 saturated carbocycles. The summed E-state index contributed by atoms with van der Waals surface area (Å²) < 4.78 is 23.4. The Labute approximate surface area is 74.2 Å². The van der Waals surface area contributed by atoms with Gasteiger partial charge in [0.25, 0.3) is 0 Å². The Morgan fingerprint density at radius 1 is 1.46 bits per heavy atom. The van der Waals surface area contributed by atoms with Gasteiger partial charge in [-0.05, 0) is 0 Å². The molecule has 0 spiro atoms. The fraction of sp³-hybridized carbons (Fsp3) is 0.429. The number of aromatic nitrogens is 2. The predicted octanol–water partition coefficient (Wildman–Crippen LogP) is 1.13. The first-order valence-corrected chi connectivity index (χ1v) is 3.78. The smallest absolute Gasteiger partial charge is 0.240 e. The average Bonchev–Trinajstić information content (AvgIpc) is 2.03. The van der Waals surface area contributed by atoms with E-state index in [1.54, 1.807) is 0 Å². The van der Waals surface area contributed by atoms with Crippen molar-refractivity contribution in [2.45, 2.75) is 12.8 Å². The zero-order chi connectivity index (χ0) is 9.68. The van der Waals surface area contributed by atoms with Gasteiger partial charge in [-0.25, -0.2) is 18.7 Å². The van der Waals surface area contributed by atoms with E-state index in [0.717, 1.165) is 0 Å².